The van der Waals surface area contributed by atoms with E-state index in [1.54, 1.807) is 26.0 Å². The zero-order valence-corrected chi connectivity index (χ0v) is 17.7. The number of benzene rings is 1. The lowest BCUT2D eigenvalue weighted by Crippen LogP contribution is -2.16. The number of carbonyl (C=O) groups excluding carboxylic acids is 1. The van der Waals surface area contributed by atoms with Gasteiger partial charge >= 0.3 is 0 Å². The molecular weight excluding hydrogens is 366 g/mol. The predicted octanol–water partition coefficient (Wildman–Crippen LogP) is 5.32. The third-order valence-electron chi connectivity index (χ3n) is 4.57. The third-order valence-corrected chi connectivity index (χ3v) is 4.57. The second-order valence-electron chi connectivity index (χ2n) is 7.71. The molecule has 0 aliphatic carbocycles. The second kappa shape index (κ2) is 8.43. The van der Waals surface area contributed by atoms with Crippen LogP contribution in [0.3, 0.4) is 0 Å². The summed E-state index contributed by atoms with van der Waals surface area (Å²) in [5, 5.41) is 9.93. The molecule has 3 aromatic rings. The molecule has 0 radical (unpaired) electrons. The predicted molar refractivity (Wildman–Crippen MR) is 114 cm³/mol. The molecule has 2 N–H and O–H groups in total. The Morgan fingerprint density at radius 2 is 1.62 bits per heavy atom. The topological polar surface area (TPSA) is 92.9 Å². The number of amides is 1. The van der Waals surface area contributed by atoms with E-state index in [1.165, 1.54) is 11.1 Å². The van der Waals surface area contributed by atoms with E-state index in [4.69, 9.17) is 4.52 Å². The summed E-state index contributed by atoms with van der Waals surface area (Å²) in [6.45, 7) is 12.2. The summed E-state index contributed by atoms with van der Waals surface area (Å²) < 4.78 is 4.99. The van der Waals surface area contributed by atoms with Crippen LogP contribution < -0.4 is 10.6 Å². The first-order valence-corrected chi connectivity index (χ1v) is 9.74. The first kappa shape index (κ1) is 20.5. The smallest absolute Gasteiger partial charge is 0.275 e. The molecule has 2 heterocycles. The van der Waals surface area contributed by atoms with Gasteiger partial charge in [0.15, 0.2) is 5.82 Å². The van der Waals surface area contributed by atoms with E-state index in [9.17, 15) is 4.79 Å². The Bertz CT molecular complexity index is 998. The number of hydrogen-bond donors (Lipinski definition) is 2. The molecule has 0 saturated carbocycles. The van der Waals surface area contributed by atoms with E-state index in [0.29, 0.717) is 35.1 Å². The fourth-order valence-corrected chi connectivity index (χ4v) is 3.18. The highest BCUT2D eigenvalue weighted by molar-refractivity contribution is 6.02. The van der Waals surface area contributed by atoms with Crippen molar-refractivity contribution in [3.05, 3.63) is 58.7 Å². The van der Waals surface area contributed by atoms with Crippen molar-refractivity contribution in [2.45, 2.75) is 53.4 Å². The molecule has 0 aliphatic heterocycles. The minimum Gasteiger partial charge on any atom is -0.360 e. The van der Waals surface area contributed by atoms with Crippen LogP contribution >= 0.6 is 0 Å². The molecule has 3 rings (SSSR count). The van der Waals surface area contributed by atoms with Gasteiger partial charge in [-0.3, -0.25) is 4.79 Å². The van der Waals surface area contributed by atoms with Gasteiger partial charge < -0.3 is 15.2 Å². The van der Waals surface area contributed by atoms with Crippen LogP contribution in [0.15, 0.2) is 34.9 Å². The van der Waals surface area contributed by atoms with Crippen LogP contribution in [-0.4, -0.2) is 21.0 Å². The highest BCUT2D eigenvalue weighted by atomic mass is 16.5. The van der Waals surface area contributed by atoms with Gasteiger partial charge in [-0.1, -0.05) is 51.1 Å². The number of aryl methyl sites for hydroxylation is 2. The first-order valence-electron chi connectivity index (χ1n) is 9.74. The average molecular weight is 393 g/mol. The van der Waals surface area contributed by atoms with E-state index in [-0.39, 0.29) is 11.6 Å². The van der Waals surface area contributed by atoms with Gasteiger partial charge in [0.1, 0.15) is 23.1 Å². The molecule has 0 fully saturated rings. The number of rotatable bonds is 6. The van der Waals surface area contributed by atoms with Crippen molar-refractivity contribution in [3.8, 4) is 0 Å². The van der Waals surface area contributed by atoms with E-state index < -0.39 is 0 Å². The maximum Gasteiger partial charge on any atom is 0.275 e. The van der Waals surface area contributed by atoms with Crippen LogP contribution in [0.4, 0.5) is 17.3 Å². The largest absolute Gasteiger partial charge is 0.360 e. The molecule has 1 aromatic carbocycles. The lowest BCUT2D eigenvalue weighted by atomic mass is 9.92. The zero-order chi connectivity index (χ0) is 21.1. The average Bonchev–Trinajstić information content (AvgIpc) is 3.05. The summed E-state index contributed by atoms with van der Waals surface area (Å²) in [7, 11) is 0. The van der Waals surface area contributed by atoms with Crippen LogP contribution in [0.2, 0.25) is 0 Å². The SMILES string of the molecule is Cc1nc(Nc2c(C(C)C)cccc2C(C)C)cc(C(=O)Nc2cc(C)on2)n1. The van der Waals surface area contributed by atoms with Gasteiger partial charge in [-0.05, 0) is 36.8 Å². The van der Waals surface area contributed by atoms with Gasteiger partial charge in [0.05, 0.1) is 0 Å². The Kier molecular flexibility index (Phi) is 5.96. The lowest BCUT2D eigenvalue weighted by Gasteiger charge is -2.20. The molecule has 1 amide bonds. The highest BCUT2D eigenvalue weighted by Gasteiger charge is 2.17. The number of para-hydroxylation sites is 1. The number of anilines is 3. The van der Waals surface area contributed by atoms with Gasteiger partial charge in [-0.15, -0.1) is 0 Å². The Morgan fingerprint density at radius 3 is 2.17 bits per heavy atom. The summed E-state index contributed by atoms with van der Waals surface area (Å²) in [6.07, 6.45) is 0. The van der Waals surface area contributed by atoms with Gasteiger partial charge in [-0.2, -0.15) is 0 Å². The van der Waals surface area contributed by atoms with Crippen molar-refractivity contribution in [1.82, 2.24) is 15.1 Å². The molecule has 2 aromatic heterocycles. The Balaban J connectivity index is 1.94. The second-order valence-corrected chi connectivity index (χ2v) is 7.71. The normalized spacial score (nSPS) is 11.2. The third kappa shape index (κ3) is 4.80. The molecule has 0 saturated heterocycles. The van der Waals surface area contributed by atoms with Crippen molar-refractivity contribution >= 4 is 23.2 Å². The van der Waals surface area contributed by atoms with Gasteiger partial charge in [0.2, 0.25) is 0 Å². The van der Waals surface area contributed by atoms with Crippen molar-refractivity contribution in [2.24, 2.45) is 0 Å². The minimum absolute atomic E-state index is 0.258. The summed E-state index contributed by atoms with van der Waals surface area (Å²) in [6, 6.07) is 9.62. The zero-order valence-electron chi connectivity index (χ0n) is 17.7. The van der Waals surface area contributed by atoms with Crippen molar-refractivity contribution in [3.63, 3.8) is 0 Å². The monoisotopic (exact) mass is 393 g/mol. The summed E-state index contributed by atoms with van der Waals surface area (Å²) in [5.41, 5.74) is 3.70. The Labute approximate surface area is 170 Å². The Hall–Kier alpha value is -3.22. The van der Waals surface area contributed by atoms with Gasteiger partial charge in [0.25, 0.3) is 5.91 Å². The summed E-state index contributed by atoms with van der Waals surface area (Å²) in [5.74, 6) is 2.37. The van der Waals surface area contributed by atoms with Gasteiger partial charge in [0, 0.05) is 17.8 Å². The maximum absolute atomic E-state index is 12.6. The Morgan fingerprint density at radius 1 is 0.966 bits per heavy atom. The quantitative estimate of drug-likeness (QED) is 0.588. The number of nitrogens with zero attached hydrogens (tertiary/aromatic N) is 3. The minimum atomic E-state index is -0.368. The van der Waals surface area contributed by atoms with E-state index in [2.05, 4.69) is 71.7 Å². The van der Waals surface area contributed by atoms with Crippen molar-refractivity contribution in [2.75, 3.05) is 10.6 Å². The van der Waals surface area contributed by atoms with E-state index in [1.807, 2.05) is 0 Å². The van der Waals surface area contributed by atoms with Gasteiger partial charge in [-0.25, -0.2) is 9.97 Å². The number of hydrogen-bond acceptors (Lipinski definition) is 6. The van der Waals surface area contributed by atoms with Crippen LogP contribution in [0.25, 0.3) is 0 Å². The fourth-order valence-electron chi connectivity index (χ4n) is 3.18. The first-order chi connectivity index (χ1) is 13.7. The molecule has 7 nitrogen and oxygen atoms in total. The molecular formula is C22H27N5O2. The molecule has 29 heavy (non-hydrogen) atoms. The van der Waals surface area contributed by atoms with Crippen LogP contribution in [0, 0.1) is 13.8 Å². The summed E-state index contributed by atoms with van der Waals surface area (Å²) >= 11 is 0. The molecule has 0 atom stereocenters. The van der Waals surface area contributed by atoms with Crippen LogP contribution in [0.5, 0.6) is 0 Å². The number of nitrogens with one attached hydrogen (secondary N) is 2. The van der Waals surface area contributed by atoms with Crippen molar-refractivity contribution in [1.29, 1.82) is 0 Å². The molecule has 0 bridgehead atoms. The highest BCUT2D eigenvalue weighted by Crippen LogP contribution is 2.34. The lowest BCUT2D eigenvalue weighted by molar-refractivity contribution is 0.102. The van der Waals surface area contributed by atoms with E-state index >= 15 is 0 Å². The van der Waals surface area contributed by atoms with E-state index in [0.717, 1.165) is 5.69 Å². The molecule has 0 unspecified atom stereocenters. The molecule has 0 spiro atoms. The maximum atomic E-state index is 12.6. The molecule has 7 heteroatoms. The van der Waals surface area contributed by atoms with Crippen LogP contribution in [-0.2, 0) is 0 Å². The van der Waals surface area contributed by atoms with Crippen molar-refractivity contribution < 1.29 is 9.32 Å². The number of aromatic nitrogens is 3. The standard InChI is InChI=1S/C22H27N5O2/c1-12(2)16-8-7-9-17(13(3)4)21(16)25-19-11-18(23-15(6)24-19)22(28)26-20-10-14(5)29-27-20/h7-13H,1-6H3,(H,23,24,25)(H,26,27,28). The summed E-state index contributed by atoms with van der Waals surface area (Å²) in [4.78, 5) is 21.4. The fraction of sp³-hybridized carbons (Fsp3) is 0.364. The molecule has 152 valence electrons. The molecule has 0 aliphatic rings. The van der Waals surface area contributed by atoms with Crippen LogP contribution in [0.1, 0.15) is 72.7 Å². The number of carbonyl (C=O) groups is 1.